The van der Waals surface area contributed by atoms with Gasteiger partial charge in [0.05, 0.1) is 12.2 Å². The molecule has 2 aromatic carbocycles. The van der Waals surface area contributed by atoms with Crippen molar-refractivity contribution in [3.05, 3.63) is 78.2 Å². The van der Waals surface area contributed by atoms with Gasteiger partial charge in [0.1, 0.15) is 23.4 Å². The number of rotatable bonds is 6. The number of nitrogens with one attached hydrogen (secondary N) is 1. The van der Waals surface area contributed by atoms with Crippen molar-refractivity contribution in [3.8, 4) is 22.8 Å². The summed E-state index contributed by atoms with van der Waals surface area (Å²) in [6.07, 6.45) is 1.26. The number of amides is 1. The first-order valence-electron chi connectivity index (χ1n) is 9.50. The van der Waals surface area contributed by atoms with Crippen LogP contribution in [0.4, 0.5) is 4.39 Å². The van der Waals surface area contributed by atoms with Crippen LogP contribution >= 0.6 is 0 Å². The van der Waals surface area contributed by atoms with Gasteiger partial charge in [-0.2, -0.15) is 0 Å². The van der Waals surface area contributed by atoms with Crippen molar-refractivity contribution in [2.45, 2.75) is 25.6 Å². The molecule has 0 saturated heterocycles. The molecule has 0 bridgehead atoms. The molecule has 29 heavy (non-hydrogen) atoms. The zero-order valence-corrected chi connectivity index (χ0v) is 16.0. The van der Waals surface area contributed by atoms with E-state index in [1.165, 1.54) is 12.1 Å². The summed E-state index contributed by atoms with van der Waals surface area (Å²) >= 11 is 0. The van der Waals surface area contributed by atoms with Crippen molar-refractivity contribution in [2.24, 2.45) is 0 Å². The molecule has 1 amide bonds. The number of hydrogen-bond acceptors (Lipinski definition) is 4. The molecule has 0 fully saturated rings. The Labute approximate surface area is 168 Å². The van der Waals surface area contributed by atoms with Gasteiger partial charge in [-0.25, -0.2) is 4.39 Å². The Kier molecular flexibility index (Phi) is 5.42. The summed E-state index contributed by atoms with van der Waals surface area (Å²) in [5.74, 6) is 0.695. The summed E-state index contributed by atoms with van der Waals surface area (Å²) in [7, 11) is 0. The summed E-state index contributed by atoms with van der Waals surface area (Å²) in [5, 5.41) is 2.86. The standard InChI is InChI=1S/C23H21FN2O3/c1-15(28-18-7-3-2-4-8-18)23(27)26-14-19-12-16-11-17(24)13-20(22(16)29-19)21-9-5-6-10-25-21/h2-11,13,15,19H,12,14H2,1H3,(H,26,27). The highest BCUT2D eigenvalue weighted by molar-refractivity contribution is 5.80. The quantitative estimate of drug-likeness (QED) is 0.694. The predicted octanol–water partition coefficient (Wildman–Crippen LogP) is 3.77. The molecule has 0 aliphatic carbocycles. The number of fused-ring (bicyclic) bond motifs is 1. The molecule has 3 aromatic rings. The number of carbonyl (C=O) groups excluding carboxylic acids is 1. The summed E-state index contributed by atoms with van der Waals surface area (Å²) < 4.78 is 25.8. The molecule has 1 aliphatic rings. The van der Waals surface area contributed by atoms with Crippen LogP contribution in [-0.4, -0.2) is 29.6 Å². The second-order valence-corrected chi connectivity index (χ2v) is 6.92. The lowest BCUT2D eigenvalue weighted by Gasteiger charge is -2.17. The molecular formula is C23H21FN2O3. The SMILES string of the molecule is CC(Oc1ccccc1)C(=O)NCC1Cc2cc(F)cc(-c3ccccn3)c2O1. The van der Waals surface area contributed by atoms with Crippen LogP contribution in [0, 0.1) is 5.82 Å². The minimum atomic E-state index is -0.636. The largest absolute Gasteiger partial charge is 0.487 e. The average molecular weight is 392 g/mol. The van der Waals surface area contributed by atoms with E-state index in [1.807, 2.05) is 30.3 Å². The number of para-hydroxylation sites is 1. The van der Waals surface area contributed by atoms with Gasteiger partial charge in [0.15, 0.2) is 6.10 Å². The molecule has 1 aromatic heterocycles. The van der Waals surface area contributed by atoms with E-state index in [9.17, 15) is 9.18 Å². The highest BCUT2D eigenvalue weighted by Crippen LogP contribution is 2.38. The van der Waals surface area contributed by atoms with Gasteiger partial charge in [-0.1, -0.05) is 24.3 Å². The van der Waals surface area contributed by atoms with Crippen LogP contribution in [0.15, 0.2) is 66.9 Å². The third-order valence-electron chi connectivity index (χ3n) is 4.73. The molecule has 148 valence electrons. The fourth-order valence-electron chi connectivity index (χ4n) is 3.34. The first kappa shape index (κ1) is 18.9. The van der Waals surface area contributed by atoms with E-state index < -0.39 is 6.10 Å². The van der Waals surface area contributed by atoms with E-state index in [2.05, 4.69) is 10.3 Å². The van der Waals surface area contributed by atoms with Gasteiger partial charge >= 0.3 is 0 Å². The van der Waals surface area contributed by atoms with Crippen molar-refractivity contribution >= 4 is 5.91 Å². The lowest BCUT2D eigenvalue weighted by molar-refractivity contribution is -0.127. The maximum Gasteiger partial charge on any atom is 0.260 e. The minimum Gasteiger partial charge on any atom is -0.487 e. The van der Waals surface area contributed by atoms with Crippen LogP contribution in [0.1, 0.15) is 12.5 Å². The summed E-state index contributed by atoms with van der Waals surface area (Å²) in [6.45, 7) is 2.00. The molecule has 2 atom stereocenters. The van der Waals surface area contributed by atoms with Gasteiger partial charge in [0.25, 0.3) is 5.91 Å². The van der Waals surface area contributed by atoms with E-state index in [4.69, 9.17) is 9.47 Å². The van der Waals surface area contributed by atoms with Crippen LogP contribution in [0.25, 0.3) is 11.3 Å². The Morgan fingerprint density at radius 2 is 2.03 bits per heavy atom. The molecule has 1 N–H and O–H groups in total. The Morgan fingerprint density at radius 3 is 2.79 bits per heavy atom. The first-order chi connectivity index (χ1) is 14.1. The molecule has 5 nitrogen and oxygen atoms in total. The zero-order valence-electron chi connectivity index (χ0n) is 16.0. The Balaban J connectivity index is 1.39. The Bertz CT molecular complexity index is 996. The topological polar surface area (TPSA) is 60.5 Å². The molecule has 6 heteroatoms. The smallest absolute Gasteiger partial charge is 0.260 e. The van der Waals surface area contributed by atoms with Gasteiger partial charge in [-0.05, 0) is 43.3 Å². The van der Waals surface area contributed by atoms with Crippen LogP contribution in [0.5, 0.6) is 11.5 Å². The fourth-order valence-corrected chi connectivity index (χ4v) is 3.34. The number of benzene rings is 2. The molecule has 2 unspecified atom stereocenters. The van der Waals surface area contributed by atoms with E-state index in [-0.39, 0.29) is 17.8 Å². The number of ether oxygens (including phenoxy) is 2. The van der Waals surface area contributed by atoms with Gasteiger partial charge in [-0.15, -0.1) is 0 Å². The maximum absolute atomic E-state index is 14.1. The fraction of sp³-hybridized carbons (Fsp3) is 0.217. The predicted molar refractivity (Wildman–Crippen MR) is 107 cm³/mol. The van der Waals surface area contributed by atoms with Crippen LogP contribution in [0.2, 0.25) is 0 Å². The average Bonchev–Trinajstić information content (AvgIpc) is 3.15. The van der Waals surface area contributed by atoms with Gasteiger partial charge in [0.2, 0.25) is 0 Å². The third kappa shape index (κ3) is 4.37. The summed E-state index contributed by atoms with van der Waals surface area (Å²) in [4.78, 5) is 16.7. The van der Waals surface area contributed by atoms with Crippen molar-refractivity contribution in [3.63, 3.8) is 0 Å². The molecule has 0 saturated carbocycles. The molecule has 4 rings (SSSR count). The lowest BCUT2D eigenvalue weighted by Crippen LogP contribution is -2.41. The highest BCUT2D eigenvalue weighted by atomic mass is 19.1. The molecule has 0 spiro atoms. The molecular weight excluding hydrogens is 371 g/mol. The number of aromatic nitrogens is 1. The van der Waals surface area contributed by atoms with Crippen molar-refractivity contribution < 1.29 is 18.7 Å². The van der Waals surface area contributed by atoms with Gasteiger partial charge in [-0.3, -0.25) is 9.78 Å². The third-order valence-corrected chi connectivity index (χ3v) is 4.73. The number of halogens is 1. The minimum absolute atomic E-state index is 0.232. The molecule has 2 heterocycles. The second kappa shape index (κ2) is 8.31. The van der Waals surface area contributed by atoms with Gasteiger partial charge < -0.3 is 14.8 Å². The van der Waals surface area contributed by atoms with Crippen LogP contribution in [0.3, 0.4) is 0 Å². The van der Waals surface area contributed by atoms with E-state index in [1.54, 1.807) is 31.3 Å². The van der Waals surface area contributed by atoms with Crippen molar-refractivity contribution in [1.82, 2.24) is 10.3 Å². The lowest BCUT2D eigenvalue weighted by atomic mass is 10.0. The summed E-state index contributed by atoms with van der Waals surface area (Å²) in [6, 6.07) is 17.6. The number of nitrogens with zero attached hydrogens (tertiary/aromatic N) is 1. The normalized spacial score (nSPS) is 15.9. The number of pyridine rings is 1. The van der Waals surface area contributed by atoms with E-state index >= 15 is 0 Å². The number of hydrogen-bond donors (Lipinski definition) is 1. The Morgan fingerprint density at radius 1 is 1.24 bits per heavy atom. The van der Waals surface area contributed by atoms with E-state index in [0.717, 1.165) is 5.56 Å². The van der Waals surface area contributed by atoms with E-state index in [0.29, 0.717) is 35.7 Å². The maximum atomic E-state index is 14.1. The number of carbonyl (C=O) groups is 1. The van der Waals surface area contributed by atoms with Crippen LogP contribution in [-0.2, 0) is 11.2 Å². The molecule has 1 aliphatic heterocycles. The highest BCUT2D eigenvalue weighted by Gasteiger charge is 2.28. The Hall–Kier alpha value is -3.41. The first-order valence-corrected chi connectivity index (χ1v) is 9.50. The monoisotopic (exact) mass is 392 g/mol. The summed E-state index contributed by atoms with van der Waals surface area (Å²) in [5.41, 5.74) is 2.05. The zero-order chi connectivity index (χ0) is 20.2. The van der Waals surface area contributed by atoms with Crippen molar-refractivity contribution in [1.29, 1.82) is 0 Å². The molecule has 0 radical (unpaired) electrons. The van der Waals surface area contributed by atoms with Gasteiger partial charge in [0, 0.05) is 23.7 Å². The van der Waals surface area contributed by atoms with Crippen molar-refractivity contribution in [2.75, 3.05) is 6.54 Å². The second-order valence-electron chi connectivity index (χ2n) is 6.92. The van der Waals surface area contributed by atoms with Crippen LogP contribution < -0.4 is 14.8 Å².